The number of aromatic nitrogens is 4. The minimum atomic E-state index is -0.0608. The average molecular weight is 355 g/mol. The van der Waals surface area contributed by atoms with E-state index in [9.17, 15) is 0 Å². The Kier molecular flexibility index (Phi) is 4.77. The number of benzene rings is 1. The molecular formula is C18H21N5O3. The van der Waals surface area contributed by atoms with E-state index < -0.39 is 0 Å². The molecule has 1 fully saturated rings. The summed E-state index contributed by atoms with van der Waals surface area (Å²) in [5.74, 6) is 2.33. The lowest BCUT2D eigenvalue weighted by Crippen LogP contribution is -2.18. The molecule has 3 heterocycles. The van der Waals surface area contributed by atoms with Crippen molar-refractivity contribution in [3.63, 3.8) is 0 Å². The van der Waals surface area contributed by atoms with E-state index >= 15 is 0 Å². The molecule has 0 bridgehead atoms. The molecule has 8 nitrogen and oxygen atoms in total. The zero-order chi connectivity index (χ0) is 17.9. The second kappa shape index (κ2) is 7.35. The molecular weight excluding hydrogens is 334 g/mol. The summed E-state index contributed by atoms with van der Waals surface area (Å²) in [5, 5.41) is 8.10. The first-order chi connectivity index (χ1) is 12.7. The first-order valence-corrected chi connectivity index (χ1v) is 8.69. The zero-order valence-electron chi connectivity index (χ0n) is 14.9. The highest BCUT2D eigenvalue weighted by Gasteiger charge is 2.24. The second-order valence-corrected chi connectivity index (χ2v) is 6.60. The molecule has 8 heteroatoms. The molecule has 0 N–H and O–H groups in total. The van der Waals surface area contributed by atoms with E-state index in [0.29, 0.717) is 36.5 Å². The van der Waals surface area contributed by atoms with Gasteiger partial charge in [-0.1, -0.05) is 34.1 Å². The number of hydrogen-bond donors (Lipinski definition) is 0. The predicted molar refractivity (Wildman–Crippen MR) is 91.9 cm³/mol. The lowest BCUT2D eigenvalue weighted by molar-refractivity contribution is 0.0835. The molecule has 0 amide bonds. The summed E-state index contributed by atoms with van der Waals surface area (Å²) in [5.41, 5.74) is 2.10. The van der Waals surface area contributed by atoms with Crippen LogP contribution < -0.4 is 0 Å². The van der Waals surface area contributed by atoms with E-state index in [-0.39, 0.29) is 6.10 Å². The highest BCUT2D eigenvalue weighted by Crippen LogP contribution is 2.27. The van der Waals surface area contributed by atoms with Crippen LogP contribution >= 0.6 is 0 Å². The lowest BCUT2D eigenvalue weighted by atomic mass is 10.1. The van der Waals surface area contributed by atoms with Gasteiger partial charge in [-0.2, -0.15) is 9.97 Å². The number of nitrogens with zero attached hydrogens (tertiary/aromatic N) is 5. The first kappa shape index (κ1) is 16.9. The van der Waals surface area contributed by atoms with Crippen molar-refractivity contribution in [3.05, 3.63) is 47.4 Å². The van der Waals surface area contributed by atoms with Gasteiger partial charge in [-0.25, -0.2) is 0 Å². The third-order valence-electron chi connectivity index (χ3n) is 4.25. The van der Waals surface area contributed by atoms with Crippen molar-refractivity contribution in [3.8, 4) is 11.4 Å². The van der Waals surface area contributed by atoms with Crippen LogP contribution in [0.3, 0.4) is 0 Å². The van der Waals surface area contributed by atoms with E-state index in [1.54, 1.807) is 0 Å². The van der Waals surface area contributed by atoms with Crippen LogP contribution in [0.5, 0.6) is 0 Å². The Morgan fingerprint density at radius 1 is 1.15 bits per heavy atom. The van der Waals surface area contributed by atoms with Gasteiger partial charge in [-0.05, 0) is 32.9 Å². The number of aryl methyl sites for hydroxylation is 1. The van der Waals surface area contributed by atoms with E-state index in [0.717, 1.165) is 30.6 Å². The van der Waals surface area contributed by atoms with Crippen LogP contribution in [0, 0.1) is 6.92 Å². The van der Waals surface area contributed by atoms with E-state index in [2.05, 4.69) is 20.3 Å². The summed E-state index contributed by atoms with van der Waals surface area (Å²) < 4.78 is 16.2. The molecule has 1 atom stereocenters. The second-order valence-electron chi connectivity index (χ2n) is 6.60. The maximum atomic E-state index is 5.56. The first-order valence-electron chi connectivity index (χ1n) is 8.69. The van der Waals surface area contributed by atoms with Gasteiger partial charge in [-0.3, -0.25) is 4.90 Å². The molecule has 2 aromatic heterocycles. The average Bonchev–Trinajstić information content (AvgIpc) is 3.36. The maximum absolute atomic E-state index is 5.56. The van der Waals surface area contributed by atoms with Crippen molar-refractivity contribution in [2.45, 2.75) is 39.0 Å². The highest BCUT2D eigenvalue weighted by atomic mass is 16.5. The number of ether oxygens (including phenoxy) is 1. The van der Waals surface area contributed by atoms with Crippen molar-refractivity contribution in [1.82, 2.24) is 25.2 Å². The molecule has 1 aliphatic heterocycles. The Morgan fingerprint density at radius 3 is 2.88 bits per heavy atom. The van der Waals surface area contributed by atoms with Crippen LogP contribution in [-0.4, -0.2) is 38.8 Å². The van der Waals surface area contributed by atoms with Gasteiger partial charge < -0.3 is 13.8 Å². The van der Waals surface area contributed by atoms with Gasteiger partial charge in [0.15, 0.2) is 5.82 Å². The minimum absolute atomic E-state index is 0.0608. The van der Waals surface area contributed by atoms with Crippen LogP contribution in [-0.2, 0) is 17.8 Å². The minimum Gasteiger partial charge on any atom is -0.368 e. The predicted octanol–water partition coefficient (Wildman–Crippen LogP) is 2.91. The Labute approximate surface area is 151 Å². The Hall–Kier alpha value is -2.58. The molecule has 0 unspecified atom stereocenters. The summed E-state index contributed by atoms with van der Waals surface area (Å²) in [7, 11) is 1.94. The lowest BCUT2D eigenvalue weighted by Gasteiger charge is -2.10. The summed E-state index contributed by atoms with van der Waals surface area (Å²) in [6, 6.07) is 8.02. The SMILES string of the molecule is Cc1cccc(-c2noc(CN(C)Cc3noc([C@H]4CCCO4)n3)n2)c1. The molecule has 4 rings (SSSR count). The number of hydrogen-bond acceptors (Lipinski definition) is 8. The summed E-state index contributed by atoms with van der Waals surface area (Å²) in [6.07, 6.45) is 1.90. The van der Waals surface area contributed by atoms with Gasteiger partial charge in [0, 0.05) is 12.2 Å². The van der Waals surface area contributed by atoms with Gasteiger partial charge in [0.05, 0.1) is 13.1 Å². The van der Waals surface area contributed by atoms with E-state index in [4.69, 9.17) is 13.8 Å². The maximum Gasteiger partial charge on any atom is 0.255 e. The highest BCUT2D eigenvalue weighted by molar-refractivity contribution is 5.55. The Morgan fingerprint density at radius 2 is 2.08 bits per heavy atom. The third kappa shape index (κ3) is 3.81. The topological polar surface area (TPSA) is 90.3 Å². The van der Waals surface area contributed by atoms with Gasteiger partial charge in [0.1, 0.15) is 6.10 Å². The smallest absolute Gasteiger partial charge is 0.255 e. The molecule has 0 aliphatic carbocycles. The summed E-state index contributed by atoms with van der Waals surface area (Å²) in [6.45, 7) is 3.82. The molecule has 1 saturated heterocycles. The fraction of sp³-hybridized carbons (Fsp3) is 0.444. The van der Waals surface area contributed by atoms with Crippen LogP contribution in [0.25, 0.3) is 11.4 Å². The molecule has 1 aliphatic rings. The molecule has 1 aromatic carbocycles. The quantitative estimate of drug-likeness (QED) is 0.667. The Bertz CT molecular complexity index is 869. The van der Waals surface area contributed by atoms with Crippen molar-refractivity contribution in [2.75, 3.05) is 13.7 Å². The third-order valence-corrected chi connectivity index (χ3v) is 4.25. The van der Waals surface area contributed by atoms with Gasteiger partial charge in [-0.15, -0.1) is 0 Å². The van der Waals surface area contributed by atoms with Gasteiger partial charge in [0.2, 0.25) is 11.7 Å². The number of rotatable bonds is 6. The van der Waals surface area contributed by atoms with Gasteiger partial charge in [0.25, 0.3) is 5.89 Å². The normalized spacial score (nSPS) is 17.3. The van der Waals surface area contributed by atoms with Crippen molar-refractivity contribution >= 4 is 0 Å². The molecule has 0 spiro atoms. The van der Waals surface area contributed by atoms with Crippen LogP contribution in [0.2, 0.25) is 0 Å². The van der Waals surface area contributed by atoms with Crippen molar-refractivity contribution in [1.29, 1.82) is 0 Å². The monoisotopic (exact) mass is 355 g/mol. The van der Waals surface area contributed by atoms with Crippen LogP contribution in [0.15, 0.2) is 33.3 Å². The zero-order valence-corrected chi connectivity index (χ0v) is 14.9. The molecule has 0 radical (unpaired) electrons. The van der Waals surface area contributed by atoms with Crippen LogP contribution in [0.4, 0.5) is 0 Å². The molecule has 0 saturated carbocycles. The van der Waals surface area contributed by atoms with Gasteiger partial charge >= 0.3 is 0 Å². The summed E-state index contributed by atoms with van der Waals surface area (Å²) >= 11 is 0. The van der Waals surface area contributed by atoms with E-state index in [1.165, 1.54) is 0 Å². The molecule has 3 aromatic rings. The fourth-order valence-corrected chi connectivity index (χ4v) is 2.98. The standard InChI is InChI=1S/C18H21N5O3/c1-12-5-3-6-13(9-12)17-20-16(25-22-17)11-23(2)10-15-19-18(26-21-15)14-7-4-8-24-14/h3,5-6,9,14H,4,7-8,10-11H2,1-2H3/t14-/m1/s1. The van der Waals surface area contributed by atoms with Crippen LogP contribution in [0.1, 0.15) is 42.1 Å². The summed E-state index contributed by atoms with van der Waals surface area (Å²) in [4.78, 5) is 10.9. The van der Waals surface area contributed by atoms with Crippen molar-refractivity contribution < 1.29 is 13.8 Å². The van der Waals surface area contributed by atoms with Crippen molar-refractivity contribution in [2.24, 2.45) is 0 Å². The fourth-order valence-electron chi connectivity index (χ4n) is 2.98. The Balaban J connectivity index is 1.37. The molecule has 26 heavy (non-hydrogen) atoms. The van der Waals surface area contributed by atoms with E-state index in [1.807, 2.05) is 43.1 Å². The molecule has 136 valence electrons. The largest absolute Gasteiger partial charge is 0.368 e.